The van der Waals surface area contributed by atoms with E-state index in [2.05, 4.69) is 30.6 Å². The molecule has 0 aliphatic carbocycles. The number of hydrogen-bond donors (Lipinski definition) is 1. The van der Waals surface area contributed by atoms with Gasteiger partial charge < -0.3 is 0 Å². The molecule has 0 fully saturated rings. The summed E-state index contributed by atoms with van der Waals surface area (Å²) in [5.74, 6) is -0.714. The average molecular weight is 346 g/mol. The lowest BCUT2D eigenvalue weighted by Gasteiger charge is -2.09. The number of aryl methyl sites for hydroxylation is 1. The fourth-order valence-corrected chi connectivity index (χ4v) is 2.87. The molecule has 8 heteroatoms. The highest BCUT2D eigenvalue weighted by Gasteiger charge is 2.16. The van der Waals surface area contributed by atoms with Crippen LogP contribution in [0.2, 0.25) is 0 Å². The first-order valence-electron chi connectivity index (χ1n) is 5.15. The third-order valence-electron chi connectivity index (χ3n) is 2.29. The molecule has 19 heavy (non-hydrogen) atoms. The Kier molecular flexibility index (Phi) is 3.81. The molecule has 2 heterocycles. The van der Waals surface area contributed by atoms with Gasteiger partial charge in [0.05, 0.1) is 17.6 Å². The van der Waals surface area contributed by atoms with Gasteiger partial charge in [-0.25, -0.2) is 17.8 Å². The van der Waals surface area contributed by atoms with Crippen molar-refractivity contribution in [2.45, 2.75) is 11.8 Å². The lowest BCUT2D eigenvalue weighted by atomic mass is 10.3. The summed E-state index contributed by atoms with van der Waals surface area (Å²) < 4.78 is 40.0. The van der Waals surface area contributed by atoms with Crippen molar-refractivity contribution in [3.05, 3.63) is 46.7 Å². The van der Waals surface area contributed by atoms with Crippen LogP contribution in [0, 0.1) is 12.7 Å². The molecule has 0 aliphatic heterocycles. The van der Waals surface area contributed by atoms with Crippen LogP contribution < -0.4 is 4.72 Å². The molecule has 0 amide bonds. The number of sulfonamides is 1. The summed E-state index contributed by atoms with van der Waals surface area (Å²) in [6.45, 7) is 1.66. The SMILES string of the molecule is Cc1nc(Br)ccc1NS(=O)(=O)c1cncc(F)c1. The zero-order chi connectivity index (χ0) is 14.0. The number of nitrogens with zero attached hydrogens (tertiary/aromatic N) is 2. The Labute approximate surface area is 118 Å². The van der Waals surface area contributed by atoms with Gasteiger partial charge in [0.1, 0.15) is 15.3 Å². The van der Waals surface area contributed by atoms with E-state index in [0.29, 0.717) is 16.0 Å². The lowest BCUT2D eigenvalue weighted by molar-refractivity contribution is 0.592. The summed E-state index contributed by atoms with van der Waals surface area (Å²) in [6.07, 6.45) is 2.01. The lowest BCUT2D eigenvalue weighted by Crippen LogP contribution is -2.14. The van der Waals surface area contributed by atoms with Crippen LogP contribution in [-0.2, 0) is 10.0 Å². The van der Waals surface area contributed by atoms with Gasteiger partial charge in [-0.05, 0) is 41.1 Å². The summed E-state index contributed by atoms with van der Waals surface area (Å²) in [5.41, 5.74) is 0.828. The molecule has 2 aromatic heterocycles. The van der Waals surface area contributed by atoms with E-state index in [1.54, 1.807) is 19.1 Å². The first-order valence-corrected chi connectivity index (χ1v) is 7.42. The first-order chi connectivity index (χ1) is 8.88. The minimum Gasteiger partial charge on any atom is -0.278 e. The van der Waals surface area contributed by atoms with Crippen molar-refractivity contribution in [3.63, 3.8) is 0 Å². The van der Waals surface area contributed by atoms with Crippen molar-refractivity contribution in [2.75, 3.05) is 4.72 Å². The number of pyridine rings is 2. The first kappa shape index (κ1) is 13.9. The Balaban J connectivity index is 2.36. The number of nitrogens with one attached hydrogen (secondary N) is 1. The Morgan fingerprint density at radius 3 is 2.68 bits per heavy atom. The molecule has 0 aliphatic rings. The second-order valence-corrected chi connectivity index (χ2v) is 6.21. The third-order valence-corrected chi connectivity index (χ3v) is 4.06. The van der Waals surface area contributed by atoms with Gasteiger partial charge in [-0.3, -0.25) is 9.71 Å². The summed E-state index contributed by atoms with van der Waals surface area (Å²) in [7, 11) is -3.88. The van der Waals surface area contributed by atoms with Crippen molar-refractivity contribution in [1.82, 2.24) is 9.97 Å². The Bertz CT molecular complexity index is 722. The van der Waals surface area contributed by atoms with Crippen LogP contribution in [0.1, 0.15) is 5.69 Å². The number of anilines is 1. The molecule has 0 radical (unpaired) electrons. The van der Waals surface area contributed by atoms with Crippen LogP contribution in [0.25, 0.3) is 0 Å². The summed E-state index contributed by atoms with van der Waals surface area (Å²) in [6, 6.07) is 4.07. The second-order valence-electron chi connectivity index (χ2n) is 3.71. The maximum absolute atomic E-state index is 13.0. The molecule has 0 atom stereocenters. The monoisotopic (exact) mass is 345 g/mol. The second kappa shape index (κ2) is 5.22. The molecule has 0 bridgehead atoms. The normalized spacial score (nSPS) is 11.3. The van der Waals surface area contributed by atoms with Gasteiger partial charge in [0.15, 0.2) is 0 Å². The highest BCUT2D eigenvalue weighted by Crippen LogP contribution is 2.20. The Morgan fingerprint density at radius 1 is 1.32 bits per heavy atom. The van der Waals surface area contributed by atoms with Crippen LogP contribution >= 0.6 is 15.9 Å². The van der Waals surface area contributed by atoms with Gasteiger partial charge in [-0.15, -0.1) is 0 Å². The van der Waals surface area contributed by atoms with Gasteiger partial charge in [-0.1, -0.05) is 0 Å². The third kappa shape index (κ3) is 3.27. The fraction of sp³-hybridized carbons (Fsp3) is 0.0909. The van der Waals surface area contributed by atoms with E-state index in [0.717, 1.165) is 18.5 Å². The maximum atomic E-state index is 13.0. The molecule has 0 spiro atoms. The summed E-state index contributed by atoms with van der Waals surface area (Å²) in [4.78, 5) is 7.34. The predicted molar refractivity (Wildman–Crippen MR) is 71.7 cm³/mol. The van der Waals surface area contributed by atoms with Crippen LogP contribution in [0.15, 0.2) is 40.1 Å². The van der Waals surface area contributed by atoms with Crippen LogP contribution in [-0.4, -0.2) is 18.4 Å². The van der Waals surface area contributed by atoms with Crippen molar-refractivity contribution in [2.24, 2.45) is 0 Å². The zero-order valence-electron chi connectivity index (χ0n) is 9.76. The van der Waals surface area contributed by atoms with Crippen LogP contribution in [0.4, 0.5) is 10.1 Å². The summed E-state index contributed by atoms with van der Waals surface area (Å²) >= 11 is 3.18. The molecule has 2 rings (SSSR count). The van der Waals surface area contributed by atoms with Gasteiger partial charge in [-0.2, -0.15) is 0 Å². The highest BCUT2D eigenvalue weighted by molar-refractivity contribution is 9.10. The van der Waals surface area contributed by atoms with E-state index in [9.17, 15) is 12.8 Å². The van der Waals surface area contributed by atoms with Crippen LogP contribution in [0.3, 0.4) is 0 Å². The molecule has 0 saturated heterocycles. The number of halogens is 2. The van der Waals surface area contributed by atoms with E-state index in [1.165, 1.54) is 0 Å². The smallest absolute Gasteiger partial charge is 0.263 e. The maximum Gasteiger partial charge on any atom is 0.263 e. The number of rotatable bonds is 3. The van der Waals surface area contributed by atoms with Gasteiger partial charge >= 0.3 is 0 Å². The Hall–Kier alpha value is -1.54. The van der Waals surface area contributed by atoms with Crippen molar-refractivity contribution >= 4 is 31.6 Å². The molecule has 0 saturated carbocycles. The number of hydrogen-bond acceptors (Lipinski definition) is 4. The Morgan fingerprint density at radius 2 is 2.05 bits per heavy atom. The van der Waals surface area contributed by atoms with E-state index in [4.69, 9.17) is 0 Å². The van der Waals surface area contributed by atoms with E-state index < -0.39 is 15.8 Å². The number of aromatic nitrogens is 2. The molecule has 0 aromatic carbocycles. The molecule has 0 unspecified atom stereocenters. The van der Waals surface area contributed by atoms with Crippen LogP contribution in [0.5, 0.6) is 0 Å². The van der Waals surface area contributed by atoms with E-state index in [-0.39, 0.29) is 4.90 Å². The van der Waals surface area contributed by atoms with E-state index in [1.807, 2.05) is 0 Å². The van der Waals surface area contributed by atoms with Gasteiger partial charge in [0.25, 0.3) is 10.0 Å². The quantitative estimate of drug-likeness (QED) is 0.867. The van der Waals surface area contributed by atoms with Crippen molar-refractivity contribution in [3.8, 4) is 0 Å². The minimum atomic E-state index is -3.88. The largest absolute Gasteiger partial charge is 0.278 e. The van der Waals surface area contributed by atoms with Gasteiger partial charge in [0.2, 0.25) is 0 Å². The van der Waals surface area contributed by atoms with Gasteiger partial charge in [0, 0.05) is 6.20 Å². The molecule has 2 aromatic rings. The van der Waals surface area contributed by atoms with E-state index >= 15 is 0 Å². The molecular weight excluding hydrogens is 337 g/mol. The molecular formula is C11H9BrFN3O2S. The highest BCUT2D eigenvalue weighted by atomic mass is 79.9. The predicted octanol–water partition coefficient (Wildman–Crippen LogP) is 2.49. The minimum absolute atomic E-state index is 0.241. The fourth-order valence-electron chi connectivity index (χ4n) is 1.38. The molecule has 100 valence electrons. The standard InChI is InChI=1S/C11H9BrFN3O2S/c1-7-10(2-3-11(12)15-7)16-19(17,18)9-4-8(13)5-14-6-9/h2-6,16H,1H3. The molecule has 5 nitrogen and oxygen atoms in total. The summed E-state index contributed by atoms with van der Waals surface area (Å²) in [5, 5.41) is 0. The average Bonchev–Trinajstić information content (AvgIpc) is 2.33. The molecule has 1 N–H and O–H groups in total. The van der Waals surface area contributed by atoms with Crippen molar-refractivity contribution < 1.29 is 12.8 Å². The topological polar surface area (TPSA) is 72.0 Å². The zero-order valence-corrected chi connectivity index (χ0v) is 12.2. The van der Waals surface area contributed by atoms with Crippen molar-refractivity contribution in [1.29, 1.82) is 0 Å².